The summed E-state index contributed by atoms with van der Waals surface area (Å²) in [7, 11) is 0. The quantitative estimate of drug-likeness (QED) is 0.893. The van der Waals surface area contributed by atoms with Crippen LogP contribution < -0.4 is 0 Å². The molecule has 3 heteroatoms. The highest BCUT2D eigenvalue weighted by molar-refractivity contribution is 6.30. The third-order valence-electron chi connectivity index (χ3n) is 3.77. The first-order valence-electron chi connectivity index (χ1n) is 6.76. The molecule has 2 aromatic rings. The van der Waals surface area contributed by atoms with Crippen molar-refractivity contribution in [1.29, 1.82) is 0 Å². The second-order valence-electron chi connectivity index (χ2n) is 5.49. The molecule has 3 atom stereocenters. The van der Waals surface area contributed by atoms with E-state index in [4.69, 9.17) is 16.3 Å². The Kier molecular flexibility index (Phi) is 3.55. The fourth-order valence-electron chi connectivity index (χ4n) is 2.86. The summed E-state index contributed by atoms with van der Waals surface area (Å²) in [6.45, 7) is 1.72. The maximum atomic E-state index is 10.3. The number of aliphatic hydroxyl groups is 1. The number of ether oxygens (including phenoxy) is 1. The first-order chi connectivity index (χ1) is 9.55. The fraction of sp³-hybridized carbons (Fsp3) is 0.294. The molecule has 2 aromatic carbocycles. The van der Waals surface area contributed by atoms with E-state index in [1.54, 1.807) is 6.92 Å². The highest BCUT2D eigenvalue weighted by atomic mass is 35.5. The van der Waals surface area contributed by atoms with Gasteiger partial charge < -0.3 is 9.84 Å². The average molecular weight is 289 g/mol. The predicted octanol–water partition coefficient (Wildman–Crippen LogP) is 4.29. The summed E-state index contributed by atoms with van der Waals surface area (Å²) in [6, 6.07) is 17.8. The maximum Gasteiger partial charge on any atom is 0.164 e. The molecule has 0 bridgehead atoms. The van der Waals surface area contributed by atoms with Crippen molar-refractivity contribution >= 4 is 11.6 Å². The monoisotopic (exact) mass is 288 g/mol. The molecule has 20 heavy (non-hydrogen) atoms. The van der Waals surface area contributed by atoms with Crippen LogP contribution in [0.15, 0.2) is 54.6 Å². The summed E-state index contributed by atoms with van der Waals surface area (Å²) in [5.74, 6) is -0.963. The number of halogens is 1. The molecule has 1 saturated heterocycles. The highest BCUT2D eigenvalue weighted by Crippen LogP contribution is 2.48. The van der Waals surface area contributed by atoms with Crippen LogP contribution in [0.4, 0.5) is 0 Å². The summed E-state index contributed by atoms with van der Waals surface area (Å²) in [5, 5.41) is 11.0. The Morgan fingerprint density at radius 1 is 1.05 bits per heavy atom. The summed E-state index contributed by atoms with van der Waals surface area (Å²) in [4.78, 5) is 0. The molecule has 1 heterocycles. The van der Waals surface area contributed by atoms with Crippen molar-refractivity contribution in [2.45, 2.75) is 31.2 Å². The molecule has 2 nitrogen and oxygen atoms in total. The van der Waals surface area contributed by atoms with Gasteiger partial charge in [-0.2, -0.15) is 0 Å². The van der Waals surface area contributed by atoms with Crippen LogP contribution in [0.2, 0.25) is 5.02 Å². The van der Waals surface area contributed by atoms with Gasteiger partial charge in [-0.3, -0.25) is 0 Å². The van der Waals surface area contributed by atoms with E-state index in [2.05, 4.69) is 0 Å². The van der Waals surface area contributed by atoms with Gasteiger partial charge >= 0.3 is 0 Å². The summed E-state index contributed by atoms with van der Waals surface area (Å²) < 4.78 is 5.85. The van der Waals surface area contributed by atoms with Gasteiger partial charge in [-0.1, -0.05) is 54.1 Å². The topological polar surface area (TPSA) is 29.5 Å². The Morgan fingerprint density at radius 3 is 2.35 bits per heavy atom. The van der Waals surface area contributed by atoms with Crippen molar-refractivity contribution in [2.24, 2.45) is 0 Å². The first-order valence-corrected chi connectivity index (χ1v) is 7.13. The molecule has 0 spiro atoms. The Hall–Kier alpha value is -1.35. The molecule has 0 amide bonds. The van der Waals surface area contributed by atoms with Gasteiger partial charge in [0.1, 0.15) is 0 Å². The van der Waals surface area contributed by atoms with Gasteiger partial charge in [-0.15, -0.1) is 0 Å². The zero-order chi connectivity index (χ0) is 14.2. The lowest BCUT2D eigenvalue weighted by molar-refractivity contribution is -0.179. The third kappa shape index (κ3) is 2.73. The van der Waals surface area contributed by atoms with Gasteiger partial charge in [0.25, 0.3) is 0 Å². The Bertz CT molecular complexity index is 578. The number of hydrogen-bond donors (Lipinski definition) is 1. The van der Waals surface area contributed by atoms with E-state index < -0.39 is 5.79 Å². The molecular weight excluding hydrogens is 272 g/mol. The van der Waals surface area contributed by atoms with E-state index in [0.29, 0.717) is 6.42 Å². The minimum absolute atomic E-state index is 0.129. The van der Waals surface area contributed by atoms with Crippen LogP contribution in [-0.4, -0.2) is 10.9 Å². The van der Waals surface area contributed by atoms with E-state index in [1.165, 1.54) is 0 Å². The van der Waals surface area contributed by atoms with E-state index in [1.807, 2.05) is 54.6 Å². The van der Waals surface area contributed by atoms with Crippen LogP contribution in [0.5, 0.6) is 0 Å². The fourth-order valence-corrected chi connectivity index (χ4v) is 2.99. The van der Waals surface area contributed by atoms with Crippen LogP contribution in [0.25, 0.3) is 0 Å². The third-order valence-corrected chi connectivity index (χ3v) is 4.02. The molecule has 1 fully saturated rings. The number of hydrogen-bond acceptors (Lipinski definition) is 2. The Labute approximate surface area is 124 Å². The lowest BCUT2D eigenvalue weighted by Gasteiger charge is -2.20. The van der Waals surface area contributed by atoms with Crippen molar-refractivity contribution in [2.75, 3.05) is 0 Å². The van der Waals surface area contributed by atoms with E-state index in [9.17, 15) is 5.11 Å². The van der Waals surface area contributed by atoms with E-state index >= 15 is 0 Å². The second-order valence-corrected chi connectivity index (χ2v) is 5.92. The van der Waals surface area contributed by atoms with Crippen LogP contribution in [0.3, 0.4) is 0 Å². The molecule has 0 aliphatic carbocycles. The number of benzene rings is 2. The zero-order valence-electron chi connectivity index (χ0n) is 11.3. The molecule has 0 aromatic heterocycles. The SMILES string of the molecule is CC1(O)CC(c2ccc(Cl)cc2)C(c2ccccc2)O1. The largest absolute Gasteiger partial charge is 0.366 e. The van der Waals surface area contributed by atoms with Gasteiger partial charge in [-0.25, -0.2) is 0 Å². The van der Waals surface area contributed by atoms with Crippen molar-refractivity contribution in [3.05, 3.63) is 70.7 Å². The molecule has 3 rings (SSSR count). The average Bonchev–Trinajstić information content (AvgIpc) is 2.77. The lowest BCUT2D eigenvalue weighted by Crippen LogP contribution is -2.21. The van der Waals surface area contributed by atoms with Crippen LogP contribution in [0, 0.1) is 0 Å². The Morgan fingerprint density at radius 2 is 1.70 bits per heavy atom. The maximum absolute atomic E-state index is 10.3. The summed E-state index contributed by atoms with van der Waals surface area (Å²) in [5.41, 5.74) is 2.23. The van der Waals surface area contributed by atoms with Gasteiger partial charge in [0.05, 0.1) is 6.10 Å². The van der Waals surface area contributed by atoms with Crippen LogP contribution in [-0.2, 0) is 4.74 Å². The standard InChI is InChI=1S/C17H17ClO2/c1-17(19)11-15(12-7-9-14(18)10-8-12)16(20-17)13-5-3-2-4-6-13/h2-10,15-16,19H,11H2,1H3. The van der Waals surface area contributed by atoms with Crippen molar-refractivity contribution in [3.8, 4) is 0 Å². The molecule has 0 radical (unpaired) electrons. The second kappa shape index (κ2) is 5.21. The molecule has 3 unspecified atom stereocenters. The molecule has 1 aliphatic rings. The predicted molar refractivity (Wildman–Crippen MR) is 79.7 cm³/mol. The smallest absolute Gasteiger partial charge is 0.164 e. The van der Waals surface area contributed by atoms with Gasteiger partial charge in [0.2, 0.25) is 0 Å². The molecule has 1 aliphatic heterocycles. The normalized spacial score (nSPS) is 29.6. The molecule has 104 valence electrons. The van der Waals surface area contributed by atoms with E-state index in [0.717, 1.165) is 16.1 Å². The van der Waals surface area contributed by atoms with Gasteiger partial charge in [-0.05, 0) is 30.2 Å². The van der Waals surface area contributed by atoms with Crippen molar-refractivity contribution in [3.63, 3.8) is 0 Å². The highest BCUT2D eigenvalue weighted by Gasteiger charge is 2.43. The summed E-state index contributed by atoms with van der Waals surface area (Å²) in [6.07, 6.45) is 0.446. The lowest BCUT2D eigenvalue weighted by atomic mass is 9.87. The Balaban J connectivity index is 1.96. The van der Waals surface area contributed by atoms with Crippen molar-refractivity contribution in [1.82, 2.24) is 0 Å². The van der Waals surface area contributed by atoms with Crippen molar-refractivity contribution < 1.29 is 9.84 Å². The van der Waals surface area contributed by atoms with Crippen LogP contribution in [0.1, 0.15) is 36.5 Å². The minimum atomic E-state index is -1.09. The van der Waals surface area contributed by atoms with E-state index in [-0.39, 0.29) is 12.0 Å². The minimum Gasteiger partial charge on any atom is -0.366 e. The number of rotatable bonds is 2. The van der Waals surface area contributed by atoms with Gasteiger partial charge in [0.15, 0.2) is 5.79 Å². The first kappa shape index (κ1) is 13.6. The zero-order valence-corrected chi connectivity index (χ0v) is 12.0. The molecule has 0 saturated carbocycles. The van der Waals surface area contributed by atoms with Crippen LogP contribution >= 0.6 is 11.6 Å². The molecule has 1 N–H and O–H groups in total. The molecular formula is C17H17ClO2. The van der Waals surface area contributed by atoms with Gasteiger partial charge in [0, 0.05) is 17.4 Å². The summed E-state index contributed by atoms with van der Waals surface area (Å²) >= 11 is 5.95.